The van der Waals surface area contributed by atoms with E-state index in [1.165, 1.54) is 6.07 Å². The SMILES string of the molecule is Cc1ccc(N)c(Oc2ccc(C#N)cc2C(F)(F)F)c1. The summed E-state index contributed by atoms with van der Waals surface area (Å²) in [5.74, 6) is -0.246. The van der Waals surface area contributed by atoms with Crippen LogP contribution < -0.4 is 10.5 Å². The van der Waals surface area contributed by atoms with Gasteiger partial charge in [0, 0.05) is 0 Å². The number of aryl methyl sites for hydroxylation is 1. The largest absolute Gasteiger partial charge is 0.455 e. The van der Waals surface area contributed by atoms with Crippen LogP contribution in [-0.4, -0.2) is 0 Å². The van der Waals surface area contributed by atoms with Gasteiger partial charge in [-0.25, -0.2) is 0 Å². The van der Waals surface area contributed by atoms with Gasteiger partial charge in [0.2, 0.25) is 0 Å². The van der Waals surface area contributed by atoms with Crippen molar-refractivity contribution in [3.05, 3.63) is 53.1 Å². The molecule has 3 nitrogen and oxygen atoms in total. The van der Waals surface area contributed by atoms with E-state index in [0.29, 0.717) is 0 Å². The zero-order valence-corrected chi connectivity index (χ0v) is 11.0. The molecule has 21 heavy (non-hydrogen) atoms. The lowest BCUT2D eigenvalue weighted by molar-refractivity contribution is -0.138. The molecule has 0 unspecified atom stereocenters. The number of rotatable bonds is 2. The van der Waals surface area contributed by atoms with Gasteiger partial charge in [-0.3, -0.25) is 0 Å². The second-order valence-corrected chi connectivity index (χ2v) is 4.46. The van der Waals surface area contributed by atoms with Gasteiger partial charge in [0.1, 0.15) is 5.75 Å². The first-order chi connectivity index (χ1) is 9.81. The number of hydrogen-bond acceptors (Lipinski definition) is 3. The summed E-state index contributed by atoms with van der Waals surface area (Å²) in [5.41, 5.74) is 5.63. The minimum absolute atomic E-state index is 0.0908. The summed E-state index contributed by atoms with van der Waals surface area (Å²) in [6.07, 6.45) is -4.62. The van der Waals surface area contributed by atoms with Crippen molar-refractivity contribution in [2.75, 3.05) is 5.73 Å². The Morgan fingerprint density at radius 2 is 1.81 bits per heavy atom. The maximum absolute atomic E-state index is 13.0. The molecule has 0 heterocycles. The molecule has 108 valence electrons. The molecule has 0 aromatic heterocycles. The van der Waals surface area contributed by atoms with Crippen molar-refractivity contribution in [2.45, 2.75) is 13.1 Å². The number of alkyl halides is 3. The van der Waals surface area contributed by atoms with Crippen LogP contribution >= 0.6 is 0 Å². The highest BCUT2D eigenvalue weighted by Crippen LogP contribution is 2.39. The summed E-state index contributed by atoms with van der Waals surface area (Å²) in [6.45, 7) is 1.77. The quantitative estimate of drug-likeness (QED) is 0.841. The molecule has 0 radical (unpaired) electrons. The average Bonchev–Trinajstić information content (AvgIpc) is 2.42. The van der Waals surface area contributed by atoms with Gasteiger partial charge in [-0.1, -0.05) is 6.07 Å². The fraction of sp³-hybridized carbons (Fsp3) is 0.133. The van der Waals surface area contributed by atoms with Crippen molar-refractivity contribution < 1.29 is 17.9 Å². The van der Waals surface area contributed by atoms with E-state index in [0.717, 1.165) is 17.7 Å². The summed E-state index contributed by atoms with van der Waals surface area (Å²) in [5, 5.41) is 8.71. The molecule has 2 N–H and O–H groups in total. The zero-order valence-electron chi connectivity index (χ0n) is 11.0. The fourth-order valence-corrected chi connectivity index (χ4v) is 1.76. The number of nitriles is 1. The van der Waals surface area contributed by atoms with Gasteiger partial charge < -0.3 is 10.5 Å². The van der Waals surface area contributed by atoms with E-state index in [4.69, 9.17) is 15.7 Å². The number of ether oxygens (including phenoxy) is 1. The molecule has 0 bridgehead atoms. The molecule has 0 amide bonds. The molecule has 0 aliphatic carbocycles. The number of halogens is 3. The van der Waals surface area contributed by atoms with E-state index < -0.39 is 11.7 Å². The van der Waals surface area contributed by atoms with Gasteiger partial charge in [0.25, 0.3) is 0 Å². The van der Waals surface area contributed by atoms with Gasteiger partial charge >= 0.3 is 6.18 Å². The molecule has 2 aromatic rings. The van der Waals surface area contributed by atoms with E-state index in [9.17, 15) is 13.2 Å². The normalized spacial score (nSPS) is 11.0. The lowest BCUT2D eigenvalue weighted by Crippen LogP contribution is -2.08. The average molecular weight is 292 g/mol. The predicted octanol–water partition coefficient (Wildman–Crippen LogP) is 4.26. The van der Waals surface area contributed by atoms with E-state index >= 15 is 0 Å². The van der Waals surface area contributed by atoms with Crippen molar-refractivity contribution >= 4 is 5.69 Å². The lowest BCUT2D eigenvalue weighted by Gasteiger charge is -2.15. The van der Waals surface area contributed by atoms with Crippen LogP contribution in [0.4, 0.5) is 18.9 Å². The van der Waals surface area contributed by atoms with Crippen LogP contribution in [0.1, 0.15) is 16.7 Å². The molecule has 2 rings (SSSR count). The third-order valence-corrected chi connectivity index (χ3v) is 2.80. The Morgan fingerprint density at radius 1 is 1.10 bits per heavy atom. The number of anilines is 1. The molecular weight excluding hydrogens is 281 g/mol. The second-order valence-electron chi connectivity index (χ2n) is 4.46. The van der Waals surface area contributed by atoms with Crippen LogP contribution in [-0.2, 0) is 6.18 Å². The standard InChI is InChI=1S/C15H11F3N2O/c1-9-2-4-12(20)14(6-9)21-13-5-3-10(8-19)7-11(13)15(16,17)18/h2-7H,20H2,1H3. The van der Waals surface area contributed by atoms with Crippen LogP contribution in [0.3, 0.4) is 0 Å². The zero-order chi connectivity index (χ0) is 15.6. The maximum Gasteiger partial charge on any atom is 0.420 e. The Morgan fingerprint density at radius 3 is 2.43 bits per heavy atom. The van der Waals surface area contributed by atoms with E-state index in [2.05, 4.69) is 0 Å². The molecule has 0 spiro atoms. The maximum atomic E-state index is 13.0. The summed E-state index contributed by atoms with van der Waals surface area (Å²) in [4.78, 5) is 0. The molecule has 0 saturated heterocycles. The van der Waals surface area contributed by atoms with Crippen molar-refractivity contribution in [3.63, 3.8) is 0 Å². The van der Waals surface area contributed by atoms with Crippen molar-refractivity contribution in [3.8, 4) is 17.6 Å². The molecule has 0 aliphatic heterocycles. The van der Waals surface area contributed by atoms with Crippen LogP contribution in [0.2, 0.25) is 0 Å². The number of nitrogens with zero attached hydrogens (tertiary/aromatic N) is 1. The molecule has 0 aliphatic rings. The van der Waals surface area contributed by atoms with Crippen LogP contribution in [0.25, 0.3) is 0 Å². The van der Waals surface area contributed by atoms with Crippen molar-refractivity contribution in [1.82, 2.24) is 0 Å². The minimum atomic E-state index is -4.62. The Labute approximate surface area is 119 Å². The van der Waals surface area contributed by atoms with Gasteiger partial charge in [-0.2, -0.15) is 18.4 Å². The molecule has 0 saturated carbocycles. The minimum Gasteiger partial charge on any atom is -0.455 e. The summed E-state index contributed by atoms with van der Waals surface area (Å²) in [6, 6.07) is 9.63. The summed E-state index contributed by atoms with van der Waals surface area (Å²) >= 11 is 0. The van der Waals surface area contributed by atoms with Gasteiger partial charge in [-0.05, 0) is 42.8 Å². The van der Waals surface area contributed by atoms with Crippen molar-refractivity contribution in [2.24, 2.45) is 0 Å². The summed E-state index contributed by atoms with van der Waals surface area (Å²) < 4.78 is 44.4. The highest BCUT2D eigenvalue weighted by molar-refractivity contribution is 5.56. The molecule has 0 atom stereocenters. The highest BCUT2D eigenvalue weighted by Gasteiger charge is 2.35. The lowest BCUT2D eigenvalue weighted by atomic mass is 10.1. The first-order valence-electron chi connectivity index (χ1n) is 5.96. The van der Waals surface area contributed by atoms with Gasteiger partial charge in [0.05, 0.1) is 22.9 Å². The Balaban J connectivity index is 2.49. The van der Waals surface area contributed by atoms with E-state index in [-0.39, 0.29) is 22.7 Å². The number of nitrogens with two attached hydrogens (primary N) is 1. The number of nitrogen functional groups attached to an aromatic ring is 1. The number of hydrogen-bond donors (Lipinski definition) is 1. The van der Waals surface area contributed by atoms with Gasteiger partial charge in [0.15, 0.2) is 5.75 Å². The Kier molecular flexibility index (Phi) is 3.76. The third-order valence-electron chi connectivity index (χ3n) is 2.80. The molecule has 0 fully saturated rings. The van der Waals surface area contributed by atoms with E-state index in [1.54, 1.807) is 31.2 Å². The molecule has 2 aromatic carbocycles. The predicted molar refractivity (Wildman–Crippen MR) is 71.8 cm³/mol. The van der Waals surface area contributed by atoms with Gasteiger partial charge in [-0.15, -0.1) is 0 Å². The van der Waals surface area contributed by atoms with Crippen LogP contribution in [0.5, 0.6) is 11.5 Å². The topological polar surface area (TPSA) is 59.0 Å². The number of benzene rings is 2. The third kappa shape index (κ3) is 3.26. The second kappa shape index (κ2) is 5.37. The van der Waals surface area contributed by atoms with Crippen LogP contribution in [0, 0.1) is 18.3 Å². The smallest absolute Gasteiger partial charge is 0.420 e. The Hall–Kier alpha value is -2.68. The monoisotopic (exact) mass is 292 g/mol. The van der Waals surface area contributed by atoms with Crippen molar-refractivity contribution in [1.29, 1.82) is 5.26 Å². The Bertz CT molecular complexity index is 718. The molecular formula is C15H11F3N2O. The first-order valence-corrected chi connectivity index (χ1v) is 5.96. The molecule has 6 heteroatoms. The van der Waals surface area contributed by atoms with Crippen LogP contribution in [0.15, 0.2) is 36.4 Å². The fourth-order valence-electron chi connectivity index (χ4n) is 1.76. The highest BCUT2D eigenvalue weighted by atomic mass is 19.4. The first kappa shape index (κ1) is 14.7. The summed E-state index contributed by atoms with van der Waals surface area (Å²) in [7, 11) is 0. The van der Waals surface area contributed by atoms with E-state index in [1.807, 2.05) is 0 Å².